The lowest BCUT2D eigenvalue weighted by Gasteiger charge is -2.11. The lowest BCUT2D eigenvalue weighted by molar-refractivity contribution is 0.415. The van der Waals surface area contributed by atoms with Crippen molar-refractivity contribution in [1.29, 1.82) is 0 Å². The molecule has 0 saturated heterocycles. The van der Waals surface area contributed by atoms with Crippen LogP contribution in [0.5, 0.6) is 5.75 Å². The van der Waals surface area contributed by atoms with Gasteiger partial charge in [0.15, 0.2) is 0 Å². The number of rotatable bonds is 5. The van der Waals surface area contributed by atoms with Crippen LogP contribution in [-0.2, 0) is 0 Å². The van der Waals surface area contributed by atoms with Gasteiger partial charge in [-0.15, -0.1) is 0 Å². The Balaban J connectivity index is 1.76. The van der Waals surface area contributed by atoms with Gasteiger partial charge in [0.2, 0.25) is 0 Å². The fourth-order valence-corrected chi connectivity index (χ4v) is 3.36. The van der Waals surface area contributed by atoms with Crippen LogP contribution in [0.1, 0.15) is 30.0 Å². The minimum absolute atomic E-state index is 0.468. The van der Waals surface area contributed by atoms with E-state index in [0.717, 1.165) is 12.2 Å². The molecule has 0 aromatic heterocycles. The summed E-state index contributed by atoms with van der Waals surface area (Å²) in [5.74, 6) is 1.87. The van der Waals surface area contributed by atoms with Gasteiger partial charge in [-0.25, -0.2) is 0 Å². The summed E-state index contributed by atoms with van der Waals surface area (Å²) < 4.78 is 5.23. The molecule has 0 aliphatic heterocycles. The molecule has 2 aromatic rings. The topological polar surface area (TPSA) is 9.23 Å². The molecule has 0 bridgehead atoms. The van der Waals surface area contributed by atoms with Gasteiger partial charge in [-0.2, -0.15) is 0 Å². The molecule has 1 nitrogen and oxygen atoms in total. The van der Waals surface area contributed by atoms with Crippen LogP contribution in [0, 0.1) is 18.8 Å². The van der Waals surface area contributed by atoms with Gasteiger partial charge in [0.25, 0.3) is 0 Å². The second kappa shape index (κ2) is 8.02. The van der Waals surface area contributed by atoms with Crippen LogP contribution in [0.4, 0.5) is 0 Å². The van der Waals surface area contributed by atoms with E-state index in [0.29, 0.717) is 11.8 Å². The fraction of sp³-hybridized carbons (Fsp3) is 0.250. The van der Waals surface area contributed by atoms with Gasteiger partial charge in [-0.1, -0.05) is 72.3 Å². The van der Waals surface area contributed by atoms with Crippen LogP contribution in [0.3, 0.4) is 0 Å². The largest absolute Gasteiger partial charge is 0.497 e. The van der Waals surface area contributed by atoms with E-state index >= 15 is 0 Å². The van der Waals surface area contributed by atoms with Gasteiger partial charge in [0, 0.05) is 5.92 Å². The number of benzene rings is 2. The Bertz CT molecular complexity index is 776. The van der Waals surface area contributed by atoms with Crippen molar-refractivity contribution in [1.82, 2.24) is 0 Å². The first-order chi connectivity index (χ1) is 12.2. The highest BCUT2D eigenvalue weighted by Gasteiger charge is 2.24. The van der Waals surface area contributed by atoms with Crippen molar-refractivity contribution in [2.24, 2.45) is 11.8 Å². The van der Waals surface area contributed by atoms with Crippen LogP contribution < -0.4 is 4.74 Å². The van der Waals surface area contributed by atoms with Crippen molar-refractivity contribution < 1.29 is 4.74 Å². The molecule has 3 rings (SSSR count). The zero-order chi connectivity index (χ0) is 17.6. The third kappa shape index (κ3) is 4.30. The number of aryl methyl sites for hydroxylation is 1. The van der Waals surface area contributed by atoms with Crippen LogP contribution >= 0.6 is 0 Å². The summed E-state index contributed by atoms with van der Waals surface area (Å²) >= 11 is 0. The van der Waals surface area contributed by atoms with Crippen LogP contribution in [-0.4, -0.2) is 7.11 Å². The third-order valence-corrected chi connectivity index (χ3v) is 4.83. The quantitative estimate of drug-likeness (QED) is 0.583. The van der Waals surface area contributed by atoms with Crippen molar-refractivity contribution >= 4 is 11.6 Å². The molecule has 0 radical (unpaired) electrons. The normalized spacial score (nSPS) is 20.4. The first-order valence-corrected chi connectivity index (χ1v) is 8.92. The Morgan fingerprint density at radius 1 is 0.960 bits per heavy atom. The number of allylic oxidation sites excluding steroid dienone is 5. The molecule has 2 atom stereocenters. The highest BCUT2D eigenvalue weighted by atomic mass is 16.5. The SMILES string of the molecule is C/C=C/[C@@H]1C=C(c2ccc(C)cc2)C[C@H]1/C=C/c1ccc(OC)cc1. The molecule has 2 aromatic carbocycles. The van der Waals surface area contributed by atoms with E-state index in [1.165, 1.54) is 22.3 Å². The molecule has 1 heteroatoms. The monoisotopic (exact) mass is 330 g/mol. The van der Waals surface area contributed by atoms with E-state index in [4.69, 9.17) is 4.74 Å². The zero-order valence-corrected chi connectivity index (χ0v) is 15.3. The van der Waals surface area contributed by atoms with Crippen LogP contribution in [0.2, 0.25) is 0 Å². The summed E-state index contributed by atoms with van der Waals surface area (Å²) in [6.07, 6.45) is 12.6. The van der Waals surface area contributed by atoms with Gasteiger partial charge in [0.05, 0.1) is 7.11 Å². The smallest absolute Gasteiger partial charge is 0.118 e. The Morgan fingerprint density at radius 2 is 1.68 bits per heavy atom. The zero-order valence-electron chi connectivity index (χ0n) is 15.3. The van der Waals surface area contributed by atoms with E-state index in [9.17, 15) is 0 Å². The first-order valence-electron chi connectivity index (χ1n) is 8.92. The second-order valence-electron chi connectivity index (χ2n) is 6.66. The highest BCUT2D eigenvalue weighted by Crippen LogP contribution is 2.38. The maximum absolute atomic E-state index is 5.23. The standard InChI is InChI=1S/C24H26O/c1-4-5-21-16-23(20-11-6-18(2)7-12-20)17-22(21)13-8-19-9-14-24(25-3)15-10-19/h4-16,21-22H,17H2,1-3H3/b5-4+,13-8+/t21-,22-/m1/s1. The summed E-state index contributed by atoms with van der Waals surface area (Å²) in [6, 6.07) is 17.1. The summed E-state index contributed by atoms with van der Waals surface area (Å²) in [5.41, 5.74) is 5.32. The van der Waals surface area contributed by atoms with E-state index in [-0.39, 0.29) is 0 Å². The van der Waals surface area contributed by atoms with E-state index < -0.39 is 0 Å². The maximum atomic E-state index is 5.23. The van der Waals surface area contributed by atoms with Crippen molar-refractivity contribution in [3.63, 3.8) is 0 Å². The molecule has 0 amide bonds. The van der Waals surface area contributed by atoms with Gasteiger partial charge in [-0.05, 0) is 55.0 Å². The minimum atomic E-state index is 0.468. The number of ether oxygens (including phenoxy) is 1. The Kier molecular flexibility index (Phi) is 5.55. The van der Waals surface area contributed by atoms with Gasteiger partial charge < -0.3 is 4.74 Å². The maximum Gasteiger partial charge on any atom is 0.118 e. The summed E-state index contributed by atoms with van der Waals surface area (Å²) in [5, 5.41) is 0. The summed E-state index contributed by atoms with van der Waals surface area (Å²) in [7, 11) is 1.70. The van der Waals surface area contributed by atoms with Crippen molar-refractivity contribution in [2.45, 2.75) is 20.3 Å². The molecule has 0 saturated carbocycles. The molecule has 0 heterocycles. The third-order valence-electron chi connectivity index (χ3n) is 4.83. The van der Waals surface area contributed by atoms with Crippen LogP contribution in [0.15, 0.2) is 72.8 Å². The van der Waals surface area contributed by atoms with Gasteiger partial charge >= 0.3 is 0 Å². The highest BCUT2D eigenvalue weighted by molar-refractivity contribution is 5.69. The lowest BCUT2D eigenvalue weighted by Crippen LogP contribution is -2.01. The average molecular weight is 330 g/mol. The lowest BCUT2D eigenvalue weighted by atomic mass is 9.93. The van der Waals surface area contributed by atoms with Crippen LogP contribution in [0.25, 0.3) is 11.6 Å². The number of hydrogen-bond donors (Lipinski definition) is 0. The fourth-order valence-electron chi connectivity index (χ4n) is 3.36. The Hall–Kier alpha value is -2.54. The van der Waals surface area contributed by atoms with E-state index in [1.807, 2.05) is 12.1 Å². The van der Waals surface area contributed by atoms with Gasteiger partial charge in [0.1, 0.15) is 5.75 Å². The summed E-state index contributed by atoms with van der Waals surface area (Å²) in [6.45, 7) is 4.23. The Morgan fingerprint density at radius 3 is 2.32 bits per heavy atom. The van der Waals surface area contributed by atoms with E-state index in [1.54, 1.807) is 7.11 Å². The van der Waals surface area contributed by atoms with Crippen molar-refractivity contribution in [3.05, 3.63) is 89.5 Å². The molecule has 0 spiro atoms. The Labute approximate surface area is 151 Å². The molecule has 1 aliphatic carbocycles. The second-order valence-corrected chi connectivity index (χ2v) is 6.66. The average Bonchev–Trinajstić information content (AvgIpc) is 3.04. The van der Waals surface area contributed by atoms with E-state index in [2.05, 4.69) is 80.6 Å². The molecule has 0 unspecified atom stereocenters. The first kappa shape index (κ1) is 17.3. The molecule has 0 fully saturated rings. The molecular weight excluding hydrogens is 304 g/mol. The number of methoxy groups -OCH3 is 1. The molecule has 0 N–H and O–H groups in total. The minimum Gasteiger partial charge on any atom is -0.497 e. The summed E-state index contributed by atoms with van der Waals surface area (Å²) in [4.78, 5) is 0. The van der Waals surface area contributed by atoms with Crippen molar-refractivity contribution in [3.8, 4) is 5.75 Å². The number of hydrogen-bond acceptors (Lipinski definition) is 1. The molecule has 25 heavy (non-hydrogen) atoms. The molecule has 128 valence electrons. The molecule has 1 aliphatic rings. The molecular formula is C24H26O. The van der Waals surface area contributed by atoms with Crippen molar-refractivity contribution in [2.75, 3.05) is 7.11 Å². The predicted octanol–water partition coefficient (Wildman–Crippen LogP) is 6.31. The predicted molar refractivity (Wildman–Crippen MR) is 108 cm³/mol. The van der Waals surface area contributed by atoms with Gasteiger partial charge in [-0.3, -0.25) is 0 Å².